The van der Waals surface area contributed by atoms with E-state index >= 15 is 0 Å². The van der Waals surface area contributed by atoms with Crippen molar-refractivity contribution in [3.05, 3.63) is 124 Å². The summed E-state index contributed by atoms with van der Waals surface area (Å²) in [5.74, 6) is -0.289. The normalized spacial score (nSPS) is 10.8. The lowest BCUT2D eigenvalue weighted by Crippen LogP contribution is -2.20. The monoisotopic (exact) mass is 595 g/mol. The fourth-order valence-electron chi connectivity index (χ4n) is 3.91. The molecule has 0 aliphatic carbocycles. The van der Waals surface area contributed by atoms with Gasteiger partial charge in [-0.25, -0.2) is 10.4 Å². The number of nitrogens with one attached hydrogen (secondary N) is 3. The van der Waals surface area contributed by atoms with Gasteiger partial charge >= 0.3 is 0 Å². The summed E-state index contributed by atoms with van der Waals surface area (Å²) in [6.45, 7) is 1.76. The van der Waals surface area contributed by atoms with Crippen molar-refractivity contribution in [2.45, 2.75) is 6.92 Å². The van der Waals surface area contributed by atoms with Gasteiger partial charge in [-0.15, -0.1) is 11.3 Å². The number of rotatable bonds is 10. The van der Waals surface area contributed by atoms with E-state index in [4.69, 9.17) is 16.3 Å². The van der Waals surface area contributed by atoms with Gasteiger partial charge in [0.15, 0.2) is 11.7 Å². The Balaban J connectivity index is 1.11. The number of hydrogen-bond donors (Lipinski definition) is 3. The van der Waals surface area contributed by atoms with Crippen LogP contribution in [0.4, 0.5) is 16.5 Å². The molecule has 0 aliphatic heterocycles. The number of nitrogens with zero attached hydrogens (tertiary/aromatic N) is 2. The lowest BCUT2D eigenvalue weighted by atomic mass is 10.1. The molecule has 0 aliphatic rings. The molecule has 5 rings (SSSR count). The predicted molar refractivity (Wildman–Crippen MR) is 169 cm³/mol. The quantitative estimate of drug-likeness (QED) is 0.116. The molecule has 0 bridgehead atoms. The molecule has 210 valence electrons. The van der Waals surface area contributed by atoms with Crippen LogP contribution in [0.3, 0.4) is 0 Å². The van der Waals surface area contributed by atoms with E-state index in [1.54, 1.807) is 30.3 Å². The summed E-state index contributed by atoms with van der Waals surface area (Å²) in [6.07, 6.45) is 1.48. The topological polar surface area (TPSA) is 105 Å². The Kier molecular flexibility index (Phi) is 9.23. The summed E-state index contributed by atoms with van der Waals surface area (Å²) >= 11 is 7.83. The van der Waals surface area contributed by atoms with Crippen molar-refractivity contribution >= 4 is 57.5 Å². The van der Waals surface area contributed by atoms with Crippen molar-refractivity contribution in [1.29, 1.82) is 0 Å². The summed E-state index contributed by atoms with van der Waals surface area (Å²) in [4.78, 5) is 29.4. The highest BCUT2D eigenvalue weighted by Gasteiger charge is 2.10. The smallest absolute Gasteiger partial charge is 0.271 e. The van der Waals surface area contributed by atoms with Crippen LogP contribution >= 0.6 is 22.9 Å². The molecule has 8 nitrogen and oxygen atoms in total. The number of thiazole rings is 1. The van der Waals surface area contributed by atoms with E-state index < -0.39 is 0 Å². The molecule has 0 saturated carbocycles. The van der Waals surface area contributed by atoms with Gasteiger partial charge in [-0.05, 0) is 72.6 Å². The van der Waals surface area contributed by atoms with Crippen LogP contribution in [0.2, 0.25) is 5.02 Å². The van der Waals surface area contributed by atoms with Crippen LogP contribution in [0.25, 0.3) is 11.3 Å². The van der Waals surface area contributed by atoms with Crippen LogP contribution < -0.4 is 20.8 Å². The Morgan fingerprint density at radius 2 is 1.74 bits per heavy atom. The Morgan fingerprint density at radius 3 is 2.50 bits per heavy atom. The number of hydrazone groups is 1. The molecule has 10 heteroatoms. The minimum Gasteiger partial charge on any atom is -0.482 e. The van der Waals surface area contributed by atoms with Crippen molar-refractivity contribution < 1.29 is 14.3 Å². The number of hydrogen-bond acceptors (Lipinski definition) is 7. The minimum absolute atomic E-state index is 0.190. The molecule has 3 N–H and O–H groups in total. The van der Waals surface area contributed by atoms with Gasteiger partial charge in [-0.3, -0.25) is 9.59 Å². The summed E-state index contributed by atoms with van der Waals surface area (Å²) in [6, 6.07) is 29.5. The summed E-state index contributed by atoms with van der Waals surface area (Å²) in [5, 5.41) is 13.2. The molecule has 1 aromatic heterocycles. The van der Waals surface area contributed by atoms with Gasteiger partial charge in [-0.1, -0.05) is 54.1 Å². The highest BCUT2D eigenvalue weighted by molar-refractivity contribution is 7.14. The molecular formula is C32H26ClN5O3S. The average Bonchev–Trinajstić information content (AvgIpc) is 3.46. The van der Waals surface area contributed by atoms with E-state index in [2.05, 4.69) is 26.1 Å². The first-order chi connectivity index (χ1) is 20.4. The molecule has 42 heavy (non-hydrogen) atoms. The number of aryl methyl sites for hydroxylation is 1. The molecule has 0 radical (unpaired) electrons. The fraction of sp³-hybridized carbons (Fsp3) is 0.0625. The van der Waals surface area contributed by atoms with Crippen LogP contribution in [0.15, 0.2) is 108 Å². The van der Waals surface area contributed by atoms with E-state index in [1.807, 2.05) is 79.0 Å². The van der Waals surface area contributed by atoms with Crippen LogP contribution in [0, 0.1) is 6.92 Å². The molecule has 5 aromatic rings. The maximum Gasteiger partial charge on any atom is 0.271 e. The van der Waals surface area contributed by atoms with Crippen molar-refractivity contribution in [2.24, 2.45) is 5.10 Å². The zero-order chi connectivity index (χ0) is 29.3. The second-order valence-electron chi connectivity index (χ2n) is 9.20. The number of aromatic nitrogens is 1. The van der Waals surface area contributed by atoms with Gasteiger partial charge in [-0.2, -0.15) is 5.10 Å². The summed E-state index contributed by atoms with van der Waals surface area (Å²) in [5.41, 5.74) is 8.05. The number of ether oxygens (including phenoxy) is 1. The standard InChI is InChI=1S/C32H26ClN5O3S/c1-21-6-5-9-26(16-21)35-30(39)19-41-29-15-10-22(17-27(29)33)18-34-38-31(40)24-13-11-23(12-14-24)28-20-42-32(37-28)36-25-7-3-2-4-8-25/h2-18,20H,19H2,1H3,(H,35,39)(H,36,37)(H,38,40)/b34-18+. The molecule has 0 saturated heterocycles. The largest absolute Gasteiger partial charge is 0.482 e. The average molecular weight is 596 g/mol. The van der Waals surface area contributed by atoms with Crippen LogP contribution in [-0.4, -0.2) is 29.6 Å². The predicted octanol–water partition coefficient (Wildman–Crippen LogP) is 7.30. The zero-order valence-electron chi connectivity index (χ0n) is 22.5. The highest BCUT2D eigenvalue weighted by Crippen LogP contribution is 2.28. The van der Waals surface area contributed by atoms with Crippen LogP contribution in [0.5, 0.6) is 5.75 Å². The van der Waals surface area contributed by atoms with Gasteiger partial charge in [0.2, 0.25) is 0 Å². The van der Waals surface area contributed by atoms with Crippen LogP contribution in [-0.2, 0) is 4.79 Å². The first kappa shape index (κ1) is 28.5. The van der Waals surface area contributed by atoms with Gasteiger partial charge < -0.3 is 15.4 Å². The summed E-state index contributed by atoms with van der Waals surface area (Å²) in [7, 11) is 0. The number of anilines is 3. The third-order valence-electron chi connectivity index (χ3n) is 5.97. The number of carbonyl (C=O) groups is 2. The van der Waals surface area contributed by atoms with Gasteiger partial charge in [0, 0.05) is 27.9 Å². The number of carbonyl (C=O) groups excluding carboxylic acids is 2. The Labute approximate surface area is 252 Å². The Morgan fingerprint density at radius 1 is 0.952 bits per heavy atom. The maximum absolute atomic E-state index is 12.6. The molecule has 0 atom stereocenters. The maximum atomic E-state index is 12.6. The zero-order valence-corrected chi connectivity index (χ0v) is 24.1. The van der Waals surface area contributed by atoms with Gasteiger partial charge in [0.25, 0.3) is 11.8 Å². The van der Waals surface area contributed by atoms with Gasteiger partial charge in [0.05, 0.1) is 16.9 Å². The fourth-order valence-corrected chi connectivity index (χ4v) is 4.89. The second-order valence-corrected chi connectivity index (χ2v) is 10.5. The molecular weight excluding hydrogens is 570 g/mol. The van der Waals surface area contributed by atoms with E-state index in [9.17, 15) is 9.59 Å². The molecule has 0 spiro atoms. The van der Waals surface area contributed by atoms with Crippen molar-refractivity contribution in [1.82, 2.24) is 10.4 Å². The lowest BCUT2D eigenvalue weighted by molar-refractivity contribution is -0.118. The van der Waals surface area contributed by atoms with E-state index in [-0.39, 0.29) is 18.4 Å². The molecule has 2 amide bonds. The van der Waals surface area contributed by atoms with E-state index in [0.717, 1.165) is 27.6 Å². The molecule has 1 heterocycles. The number of benzene rings is 4. The third kappa shape index (κ3) is 7.81. The van der Waals surface area contributed by atoms with Crippen molar-refractivity contribution in [3.8, 4) is 17.0 Å². The third-order valence-corrected chi connectivity index (χ3v) is 7.02. The minimum atomic E-state index is -0.354. The number of halogens is 1. The summed E-state index contributed by atoms with van der Waals surface area (Å²) < 4.78 is 5.56. The van der Waals surface area contributed by atoms with Crippen molar-refractivity contribution in [3.63, 3.8) is 0 Å². The molecule has 4 aromatic carbocycles. The SMILES string of the molecule is Cc1cccc(NC(=O)COc2ccc(/C=N/NC(=O)c3ccc(-c4csc(Nc5ccccc5)n4)cc3)cc2Cl)c1. The lowest BCUT2D eigenvalue weighted by Gasteiger charge is -2.09. The molecule has 0 unspecified atom stereocenters. The second kappa shape index (κ2) is 13.6. The van der Waals surface area contributed by atoms with E-state index in [0.29, 0.717) is 27.6 Å². The molecule has 0 fully saturated rings. The number of para-hydroxylation sites is 1. The van der Waals surface area contributed by atoms with Crippen molar-refractivity contribution in [2.75, 3.05) is 17.2 Å². The Bertz CT molecular complexity index is 1720. The van der Waals surface area contributed by atoms with E-state index in [1.165, 1.54) is 17.6 Å². The van der Waals surface area contributed by atoms with Gasteiger partial charge in [0.1, 0.15) is 5.75 Å². The first-order valence-corrected chi connectivity index (χ1v) is 14.2. The van der Waals surface area contributed by atoms with Crippen LogP contribution in [0.1, 0.15) is 21.5 Å². The number of amides is 2. The Hall–Kier alpha value is -4.99. The highest BCUT2D eigenvalue weighted by atomic mass is 35.5. The first-order valence-electron chi connectivity index (χ1n) is 12.9.